The average Bonchev–Trinajstić information content (AvgIpc) is 2.34. The van der Waals surface area contributed by atoms with E-state index < -0.39 is 38.1 Å². The van der Waals surface area contributed by atoms with Crippen molar-refractivity contribution in [3.8, 4) is 0 Å². The second-order valence-corrected chi connectivity index (χ2v) is 5.32. The monoisotopic (exact) mass is 296 g/mol. The summed E-state index contributed by atoms with van der Waals surface area (Å²) in [7, 11) is -4.87. The number of rotatable bonds is 3. The molecule has 0 bridgehead atoms. The molecule has 8 heteroatoms. The maximum atomic E-state index is 11.3. The highest BCUT2D eigenvalue weighted by atomic mass is 32.2. The molecular formula is C12H8O7S. The van der Waals surface area contributed by atoms with Crippen LogP contribution in [0.3, 0.4) is 0 Å². The molecule has 2 aromatic rings. The number of hydrogen-bond donors (Lipinski definition) is 3. The van der Waals surface area contributed by atoms with Crippen molar-refractivity contribution in [3.05, 3.63) is 41.5 Å². The summed E-state index contributed by atoms with van der Waals surface area (Å²) in [4.78, 5) is 21.5. The molecule has 0 heterocycles. The Morgan fingerprint density at radius 2 is 1.50 bits per heavy atom. The van der Waals surface area contributed by atoms with Gasteiger partial charge in [-0.2, -0.15) is 8.42 Å². The van der Waals surface area contributed by atoms with Crippen LogP contribution in [0.1, 0.15) is 20.7 Å². The first kappa shape index (κ1) is 14.0. The molecule has 7 nitrogen and oxygen atoms in total. The van der Waals surface area contributed by atoms with Crippen molar-refractivity contribution in [1.82, 2.24) is 0 Å². The Morgan fingerprint density at radius 3 is 2.00 bits per heavy atom. The number of carbonyl (C=O) groups is 2. The van der Waals surface area contributed by atoms with Crippen LogP contribution < -0.4 is 0 Å². The maximum Gasteiger partial charge on any atom is 0.338 e. The van der Waals surface area contributed by atoms with Gasteiger partial charge in [-0.1, -0.05) is 24.3 Å². The second kappa shape index (κ2) is 4.58. The van der Waals surface area contributed by atoms with E-state index in [1.165, 1.54) is 24.3 Å². The van der Waals surface area contributed by atoms with Crippen LogP contribution in [0.5, 0.6) is 0 Å². The Kier molecular flexibility index (Phi) is 3.20. The van der Waals surface area contributed by atoms with E-state index in [1.807, 2.05) is 0 Å². The lowest BCUT2D eigenvalue weighted by atomic mass is 9.99. The summed E-state index contributed by atoms with van der Waals surface area (Å²) in [5.74, 6) is -3.34. The molecule has 0 aliphatic carbocycles. The number of carboxylic acids is 2. The normalized spacial score (nSPS) is 11.4. The van der Waals surface area contributed by atoms with Gasteiger partial charge in [-0.25, -0.2) is 9.59 Å². The smallest absolute Gasteiger partial charge is 0.338 e. The van der Waals surface area contributed by atoms with Crippen LogP contribution in [0.4, 0.5) is 0 Å². The molecule has 20 heavy (non-hydrogen) atoms. The Bertz CT molecular complexity index is 836. The third-order valence-corrected chi connectivity index (χ3v) is 3.60. The first-order chi connectivity index (χ1) is 9.23. The van der Waals surface area contributed by atoms with Gasteiger partial charge in [0.25, 0.3) is 10.1 Å². The number of fused-ring (bicyclic) bond motifs is 1. The largest absolute Gasteiger partial charge is 0.478 e. The fourth-order valence-electron chi connectivity index (χ4n) is 1.96. The molecule has 0 spiro atoms. The van der Waals surface area contributed by atoms with Crippen molar-refractivity contribution in [2.45, 2.75) is 4.90 Å². The molecule has 104 valence electrons. The van der Waals surface area contributed by atoms with Crippen LogP contribution in [0.15, 0.2) is 35.2 Å². The topological polar surface area (TPSA) is 129 Å². The summed E-state index contributed by atoms with van der Waals surface area (Å²) >= 11 is 0. The highest BCUT2D eigenvalue weighted by Gasteiger charge is 2.29. The van der Waals surface area contributed by atoms with Gasteiger partial charge < -0.3 is 10.2 Å². The highest BCUT2D eigenvalue weighted by molar-refractivity contribution is 7.86. The molecule has 0 aliphatic heterocycles. The minimum Gasteiger partial charge on any atom is -0.478 e. The van der Waals surface area contributed by atoms with Crippen LogP contribution in [-0.2, 0) is 10.1 Å². The van der Waals surface area contributed by atoms with Crippen molar-refractivity contribution < 1.29 is 32.8 Å². The van der Waals surface area contributed by atoms with Gasteiger partial charge in [0.15, 0.2) is 0 Å². The molecule has 0 saturated heterocycles. The van der Waals surface area contributed by atoms with Gasteiger partial charge in [-0.15, -0.1) is 0 Å². The minimum absolute atomic E-state index is 0.0739. The van der Waals surface area contributed by atoms with Crippen molar-refractivity contribution in [2.24, 2.45) is 0 Å². The van der Waals surface area contributed by atoms with Gasteiger partial charge in [-0.3, -0.25) is 4.55 Å². The number of hydrogen-bond acceptors (Lipinski definition) is 4. The van der Waals surface area contributed by atoms with Gasteiger partial charge in [-0.05, 0) is 16.8 Å². The summed E-state index contributed by atoms with van der Waals surface area (Å²) in [6.45, 7) is 0. The SMILES string of the molecule is O=C(O)c1c(S(=O)(=O)O)cc2ccccc2c1C(=O)O. The van der Waals surface area contributed by atoms with Crippen molar-refractivity contribution in [3.63, 3.8) is 0 Å². The predicted octanol–water partition coefficient (Wildman–Crippen LogP) is 1.48. The molecular weight excluding hydrogens is 288 g/mol. The summed E-state index contributed by atoms with van der Waals surface area (Å²) in [5.41, 5.74) is -1.64. The van der Waals surface area contributed by atoms with Gasteiger partial charge in [0.05, 0.1) is 11.1 Å². The van der Waals surface area contributed by atoms with Crippen LogP contribution in [0.2, 0.25) is 0 Å². The zero-order chi connectivity index (χ0) is 15.1. The van der Waals surface area contributed by atoms with E-state index in [2.05, 4.69) is 0 Å². The number of carboxylic acid groups (broad SMARTS) is 2. The lowest BCUT2D eigenvalue weighted by molar-refractivity contribution is 0.0650. The van der Waals surface area contributed by atoms with E-state index in [0.29, 0.717) is 0 Å². The summed E-state index contributed by atoms with van der Waals surface area (Å²) in [6, 6.07) is 6.73. The molecule has 0 radical (unpaired) electrons. The Hall–Kier alpha value is -2.45. The quantitative estimate of drug-likeness (QED) is 0.731. The van der Waals surface area contributed by atoms with Crippen LogP contribution in [0.25, 0.3) is 10.8 Å². The molecule has 2 rings (SSSR count). The van der Waals surface area contributed by atoms with Crippen LogP contribution in [-0.4, -0.2) is 35.1 Å². The fraction of sp³-hybridized carbons (Fsp3) is 0. The molecule has 0 unspecified atom stereocenters. The lowest BCUT2D eigenvalue weighted by Crippen LogP contribution is -2.15. The van der Waals surface area contributed by atoms with Crippen LogP contribution in [0, 0.1) is 0 Å². The molecule has 0 fully saturated rings. The molecule has 0 saturated carbocycles. The number of aromatic carboxylic acids is 2. The average molecular weight is 296 g/mol. The maximum absolute atomic E-state index is 11.3. The van der Waals surface area contributed by atoms with E-state index >= 15 is 0 Å². The Morgan fingerprint density at radius 1 is 0.950 bits per heavy atom. The van der Waals surface area contributed by atoms with Gasteiger partial charge in [0.2, 0.25) is 0 Å². The minimum atomic E-state index is -4.87. The van der Waals surface area contributed by atoms with Crippen molar-refractivity contribution >= 4 is 32.8 Å². The highest BCUT2D eigenvalue weighted by Crippen LogP contribution is 2.29. The third kappa shape index (κ3) is 2.22. The molecule has 0 amide bonds. The van der Waals surface area contributed by atoms with Gasteiger partial charge >= 0.3 is 11.9 Å². The zero-order valence-electron chi connectivity index (χ0n) is 9.77. The van der Waals surface area contributed by atoms with E-state index in [1.54, 1.807) is 0 Å². The van der Waals surface area contributed by atoms with E-state index in [4.69, 9.17) is 14.8 Å². The number of benzene rings is 2. The molecule has 3 N–H and O–H groups in total. The van der Waals surface area contributed by atoms with Gasteiger partial charge in [0, 0.05) is 0 Å². The first-order valence-electron chi connectivity index (χ1n) is 5.23. The summed E-state index contributed by atoms with van der Waals surface area (Å²) < 4.78 is 31.7. The Balaban J connectivity index is 3.13. The predicted molar refractivity (Wildman–Crippen MR) is 67.7 cm³/mol. The van der Waals surface area contributed by atoms with Crippen molar-refractivity contribution in [1.29, 1.82) is 0 Å². The molecule has 0 atom stereocenters. The van der Waals surface area contributed by atoms with Crippen LogP contribution >= 0.6 is 0 Å². The molecule has 0 aromatic heterocycles. The first-order valence-corrected chi connectivity index (χ1v) is 6.67. The second-order valence-electron chi connectivity index (χ2n) is 3.93. The van der Waals surface area contributed by atoms with Gasteiger partial charge in [0.1, 0.15) is 4.90 Å². The lowest BCUT2D eigenvalue weighted by Gasteiger charge is -2.10. The van der Waals surface area contributed by atoms with E-state index in [0.717, 1.165) is 6.07 Å². The van der Waals surface area contributed by atoms with Crippen molar-refractivity contribution in [2.75, 3.05) is 0 Å². The molecule has 0 aliphatic rings. The standard InChI is InChI=1S/C12H8O7S/c13-11(14)9-7-4-2-1-3-6(7)5-8(20(17,18)19)10(9)12(15)16/h1-5H,(H,13,14)(H,15,16)(H,17,18,19). The summed E-state index contributed by atoms with van der Waals surface area (Å²) in [6.07, 6.45) is 0. The fourth-order valence-corrected chi connectivity index (χ4v) is 2.68. The zero-order valence-corrected chi connectivity index (χ0v) is 10.6. The van der Waals surface area contributed by atoms with E-state index in [9.17, 15) is 18.0 Å². The molecule has 2 aromatic carbocycles. The summed E-state index contributed by atoms with van der Waals surface area (Å²) in [5, 5.41) is 18.5. The van der Waals surface area contributed by atoms with E-state index in [-0.39, 0.29) is 10.8 Å². The third-order valence-electron chi connectivity index (χ3n) is 2.72. The Labute approximate surface area is 112 Å².